The number of hydrogen-bond donors (Lipinski definition) is 3. The number of rotatable bonds is 8. The number of aryl methyl sites for hydroxylation is 1. The van der Waals surface area contributed by atoms with E-state index in [-0.39, 0.29) is 18.4 Å². The lowest BCUT2D eigenvalue weighted by atomic mass is 9.92. The largest absolute Gasteiger partial charge is 0.497 e. The zero-order chi connectivity index (χ0) is 30.8. The van der Waals surface area contributed by atoms with Crippen molar-refractivity contribution in [3.8, 4) is 5.75 Å². The monoisotopic (exact) mass is 585 g/mol. The second kappa shape index (κ2) is 15.2. The van der Waals surface area contributed by atoms with Crippen LogP contribution in [0.1, 0.15) is 83.9 Å². The molecule has 43 heavy (non-hydrogen) atoms. The number of hydrogen-bond acceptors (Lipinski definition) is 5. The third kappa shape index (κ3) is 8.91. The van der Waals surface area contributed by atoms with Gasteiger partial charge in [0.15, 0.2) is 0 Å². The lowest BCUT2D eigenvalue weighted by Crippen LogP contribution is -2.51. The molecule has 1 aliphatic rings. The molecule has 3 aromatic carbocycles. The van der Waals surface area contributed by atoms with E-state index in [1.54, 1.807) is 31.4 Å². The Morgan fingerprint density at radius 2 is 1.72 bits per heavy atom. The van der Waals surface area contributed by atoms with Crippen LogP contribution in [0.5, 0.6) is 5.75 Å². The predicted octanol–water partition coefficient (Wildman–Crippen LogP) is 5.50. The van der Waals surface area contributed by atoms with E-state index in [4.69, 9.17) is 4.74 Å². The molecule has 3 N–H and O–H groups in total. The quantitative estimate of drug-likeness (QED) is 0.325. The minimum atomic E-state index is -0.871. The normalized spacial score (nSPS) is 17.6. The summed E-state index contributed by atoms with van der Waals surface area (Å²) in [5, 5.41) is 18.1. The smallest absolute Gasteiger partial charge is 0.253 e. The summed E-state index contributed by atoms with van der Waals surface area (Å²) in [6, 6.07) is 22.7. The minimum absolute atomic E-state index is 0.0481. The Hall–Kier alpha value is -3.68. The molecule has 2 atom stereocenters. The van der Waals surface area contributed by atoms with Gasteiger partial charge in [0, 0.05) is 36.3 Å². The van der Waals surface area contributed by atoms with E-state index in [0.29, 0.717) is 30.6 Å². The highest BCUT2D eigenvalue weighted by Gasteiger charge is 2.27. The van der Waals surface area contributed by atoms with Crippen LogP contribution in [-0.2, 0) is 18.4 Å². The second-order valence-electron chi connectivity index (χ2n) is 12.1. The lowest BCUT2D eigenvalue weighted by Gasteiger charge is -2.31. The van der Waals surface area contributed by atoms with Gasteiger partial charge in [-0.25, -0.2) is 0 Å². The summed E-state index contributed by atoms with van der Waals surface area (Å²) in [7, 11) is 1.64. The van der Waals surface area contributed by atoms with Gasteiger partial charge in [-0.3, -0.25) is 9.59 Å². The molecular formula is C36H47N3O4. The first-order chi connectivity index (χ1) is 20.7. The molecule has 0 spiro atoms. The lowest BCUT2D eigenvalue weighted by molar-refractivity contribution is 0.0752. The number of ether oxygens (including phenoxy) is 1. The van der Waals surface area contributed by atoms with Crippen LogP contribution in [0, 0.1) is 0 Å². The molecule has 3 aromatic rings. The first kappa shape index (κ1) is 32.2. The van der Waals surface area contributed by atoms with Crippen LogP contribution < -0.4 is 15.4 Å². The van der Waals surface area contributed by atoms with Crippen LogP contribution in [0.3, 0.4) is 0 Å². The maximum atomic E-state index is 13.6. The van der Waals surface area contributed by atoms with Crippen molar-refractivity contribution in [2.75, 3.05) is 26.7 Å². The van der Waals surface area contributed by atoms with Gasteiger partial charge in [0.1, 0.15) is 5.75 Å². The van der Waals surface area contributed by atoms with E-state index < -0.39 is 17.7 Å². The average Bonchev–Trinajstić information content (AvgIpc) is 3.02. The maximum Gasteiger partial charge on any atom is 0.253 e. The van der Waals surface area contributed by atoms with Crippen LogP contribution in [0.25, 0.3) is 0 Å². The first-order valence-electron chi connectivity index (χ1n) is 15.6. The van der Waals surface area contributed by atoms with Gasteiger partial charge in [0.05, 0.1) is 19.3 Å². The number of amides is 2. The molecular weight excluding hydrogens is 538 g/mol. The van der Waals surface area contributed by atoms with Crippen molar-refractivity contribution in [1.82, 2.24) is 15.5 Å². The zero-order valence-electron chi connectivity index (χ0n) is 26.1. The zero-order valence-corrected chi connectivity index (χ0v) is 26.1. The molecule has 0 aromatic heterocycles. The number of nitrogens with zero attached hydrogens (tertiary/aromatic N) is 1. The van der Waals surface area contributed by atoms with Gasteiger partial charge in [0.25, 0.3) is 11.8 Å². The molecule has 230 valence electrons. The van der Waals surface area contributed by atoms with Gasteiger partial charge in [-0.15, -0.1) is 0 Å². The maximum absolute atomic E-state index is 13.6. The van der Waals surface area contributed by atoms with E-state index in [9.17, 15) is 14.7 Å². The summed E-state index contributed by atoms with van der Waals surface area (Å²) in [6.45, 7) is 7.84. The Kier molecular flexibility index (Phi) is 11.4. The van der Waals surface area contributed by atoms with Crippen LogP contribution in [0.4, 0.5) is 0 Å². The summed E-state index contributed by atoms with van der Waals surface area (Å²) in [5.74, 6) is 0.410. The standard InChI is InChI=1S/C36H47N3O4/c1-5-19-39-20-8-6-7-12-26-13-9-14-27(21-26)22-32(38-34(41)28-15-10-16-29(23-28)35(39)42)33(40)25-37-36(2,3)30-17-11-18-31(24-30)43-4/h9-11,13-18,21,23-24,32-33,37,40H,5-8,12,19-20,22,25H2,1-4H3,(H,38,41)/t32-,33+/m0/s1. The van der Waals surface area contributed by atoms with Crippen molar-refractivity contribution < 1.29 is 19.4 Å². The van der Waals surface area contributed by atoms with E-state index >= 15 is 0 Å². The number of carbonyl (C=O) groups is 2. The summed E-state index contributed by atoms with van der Waals surface area (Å²) < 4.78 is 5.40. The summed E-state index contributed by atoms with van der Waals surface area (Å²) in [6.07, 6.45) is 4.45. The van der Waals surface area contributed by atoms with Gasteiger partial charge in [0.2, 0.25) is 0 Å². The number of aliphatic hydroxyl groups excluding tert-OH is 1. The summed E-state index contributed by atoms with van der Waals surface area (Å²) >= 11 is 0. The molecule has 0 unspecified atom stereocenters. The van der Waals surface area contributed by atoms with Crippen molar-refractivity contribution in [2.45, 2.75) is 77.0 Å². The molecule has 0 aliphatic carbocycles. The molecule has 0 saturated carbocycles. The average molecular weight is 586 g/mol. The first-order valence-corrected chi connectivity index (χ1v) is 15.6. The predicted molar refractivity (Wildman–Crippen MR) is 172 cm³/mol. The second-order valence-corrected chi connectivity index (χ2v) is 12.1. The summed E-state index contributed by atoms with van der Waals surface area (Å²) in [5.41, 5.74) is 3.81. The SMILES string of the molecule is CCCN1CCCCCc2cccc(c2)C[C@@H]([C@H](O)CNC(C)(C)c2cccc(OC)c2)NC(=O)c2cccc(c2)C1=O. The third-order valence-electron chi connectivity index (χ3n) is 8.32. The van der Waals surface area contributed by atoms with Crippen LogP contribution in [-0.4, -0.2) is 60.7 Å². The van der Waals surface area contributed by atoms with Gasteiger partial charge in [-0.2, -0.15) is 0 Å². The molecule has 7 nitrogen and oxygen atoms in total. The highest BCUT2D eigenvalue weighted by atomic mass is 16.5. The van der Waals surface area contributed by atoms with Crippen LogP contribution in [0.15, 0.2) is 72.8 Å². The van der Waals surface area contributed by atoms with Crippen molar-refractivity contribution in [3.05, 3.63) is 101 Å². The number of methoxy groups -OCH3 is 1. The molecule has 0 radical (unpaired) electrons. The van der Waals surface area contributed by atoms with E-state index in [1.165, 1.54) is 5.56 Å². The van der Waals surface area contributed by atoms with Gasteiger partial charge in [-0.1, -0.05) is 55.8 Å². The van der Waals surface area contributed by atoms with E-state index in [2.05, 4.69) is 55.7 Å². The number of benzene rings is 3. The highest BCUT2D eigenvalue weighted by Crippen LogP contribution is 2.24. The fraction of sp³-hybridized carbons (Fsp3) is 0.444. The van der Waals surface area contributed by atoms with Crippen molar-refractivity contribution in [2.24, 2.45) is 0 Å². The van der Waals surface area contributed by atoms with Crippen LogP contribution >= 0.6 is 0 Å². The molecule has 0 saturated heterocycles. The summed E-state index contributed by atoms with van der Waals surface area (Å²) in [4.78, 5) is 28.9. The molecule has 1 aliphatic heterocycles. The van der Waals surface area contributed by atoms with Crippen molar-refractivity contribution in [3.63, 3.8) is 0 Å². The van der Waals surface area contributed by atoms with Gasteiger partial charge in [-0.05, 0) is 93.0 Å². The fourth-order valence-electron chi connectivity index (χ4n) is 5.69. The Bertz CT molecular complexity index is 1370. The van der Waals surface area contributed by atoms with E-state index in [1.807, 2.05) is 29.2 Å². The topological polar surface area (TPSA) is 90.9 Å². The minimum Gasteiger partial charge on any atom is -0.497 e. The molecule has 1 heterocycles. The molecule has 4 rings (SSSR count). The Morgan fingerprint density at radius 1 is 0.977 bits per heavy atom. The molecule has 2 amide bonds. The van der Waals surface area contributed by atoms with Gasteiger partial charge < -0.3 is 25.4 Å². The highest BCUT2D eigenvalue weighted by molar-refractivity contribution is 5.99. The van der Waals surface area contributed by atoms with Gasteiger partial charge >= 0.3 is 0 Å². The number of fused-ring (bicyclic) bond motifs is 4. The Morgan fingerprint density at radius 3 is 2.51 bits per heavy atom. The number of aliphatic hydroxyl groups is 1. The van der Waals surface area contributed by atoms with Crippen molar-refractivity contribution in [1.29, 1.82) is 0 Å². The van der Waals surface area contributed by atoms with Crippen LogP contribution in [0.2, 0.25) is 0 Å². The number of nitrogens with one attached hydrogen (secondary N) is 2. The Balaban J connectivity index is 1.59. The molecule has 0 fully saturated rings. The fourth-order valence-corrected chi connectivity index (χ4v) is 5.69. The molecule has 4 bridgehead atoms. The Labute approximate surface area is 256 Å². The van der Waals surface area contributed by atoms with Crippen molar-refractivity contribution >= 4 is 11.8 Å². The van der Waals surface area contributed by atoms with E-state index in [0.717, 1.165) is 49.0 Å². The third-order valence-corrected chi connectivity index (χ3v) is 8.32. The number of carbonyl (C=O) groups excluding carboxylic acids is 2. The molecule has 7 heteroatoms.